The third kappa shape index (κ3) is 3.50. The number of fused-ring (bicyclic) bond motifs is 1. The molecule has 1 aromatic heterocycles. The van der Waals surface area contributed by atoms with Gasteiger partial charge in [0, 0.05) is 16.6 Å². The minimum absolute atomic E-state index is 0.158. The average molecular weight is 397 g/mol. The maximum atomic E-state index is 13.3. The quantitative estimate of drug-likeness (QED) is 0.446. The van der Waals surface area contributed by atoms with Crippen LogP contribution in [0.15, 0.2) is 77.6 Å². The zero-order valence-corrected chi connectivity index (χ0v) is 17.2. The largest absolute Gasteiger partial charge is 0.350 e. The highest BCUT2D eigenvalue weighted by molar-refractivity contribution is 6.06. The van der Waals surface area contributed by atoms with Crippen molar-refractivity contribution in [2.24, 2.45) is 0 Å². The lowest BCUT2D eigenvalue weighted by atomic mass is 10.0. The second-order valence-corrected chi connectivity index (χ2v) is 7.52. The standard InChI is InChI=1S/C25H23N3O2/c1-16(2)28-25(30)24(26-21-15-9-13-18-10-7-8-14-20(18)21)22(17(3)29)23(27-28)19-11-5-4-6-12-19/h4-16,26H,1-3H3. The van der Waals surface area contributed by atoms with Gasteiger partial charge in [-0.15, -0.1) is 0 Å². The van der Waals surface area contributed by atoms with Gasteiger partial charge in [0.25, 0.3) is 5.56 Å². The zero-order valence-electron chi connectivity index (χ0n) is 17.2. The van der Waals surface area contributed by atoms with Crippen LogP contribution in [0, 0.1) is 0 Å². The van der Waals surface area contributed by atoms with Gasteiger partial charge < -0.3 is 5.32 Å². The Morgan fingerprint density at radius 3 is 2.30 bits per heavy atom. The second-order valence-electron chi connectivity index (χ2n) is 7.52. The van der Waals surface area contributed by atoms with Crippen molar-refractivity contribution in [1.29, 1.82) is 0 Å². The lowest BCUT2D eigenvalue weighted by Gasteiger charge is -2.19. The Morgan fingerprint density at radius 2 is 1.60 bits per heavy atom. The molecule has 0 unspecified atom stereocenters. The third-order valence-corrected chi connectivity index (χ3v) is 5.05. The molecule has 0 atom stereocenters. The topological polar surface area (TPSA) is 64.0 Å². The molecule has 0 saturated heterocycles. The highest BCUT2D eigenvalue weighted by atomic mass is 16.1. The average Bonchev–Trinajstić information content (AvgIpc) is 2.75. The summed E-state index contributed by atoms with van der Waals surface area (Å²) in [6.07, 6.45) is 0. The molecular formula is C25H23N3O2. The van der Waals surface area contributed by atoms with Gasteiger partial charge >= 0.3 is 0 Å². The van der Waals surface area contributed by atoms with Crippen LogP contribution in [0.25, 0.3) is 22.0 Å². The highest BCUT2D eigenvalue weighted by Gasteiger charge is 2.23. The molecule has 4 aromatic rings. The number of carbonyl (C=O) groups is 1. The molecule has 0 aliphatic carbocycles. The first-order chi connectivity index (χ1) is 14.5. The van der Waals surface area contributed by atoms with Gasteiger partial charge in [-0.3, -0.25) is 9.59 Å². The first-order valence-corrected chi connectivity index (χ1v) is 9.95. The van der Waals surface area contributed by atoms with Crippen LogP contribution in [0.3, 0.4) is 0 Å². The van der Waals surface area contributed by atoms with E-state index in [-0.39, 0.29) is 23.1 Å². The summed E-state index contributed by atoms with van der Waals surface area (Å²) in [5.74, 6) is -0.211. The van der Waals surface area contributed by atoms with Gasteiger partial charge in [-0.1, -0.05) is 66.7 Å². The van der Waals surface area contributed by atoms with Crippen LogP contribution >= 0.6 is 0 Å². The molecule has 0 bridgehead atoms. The minimum Gasteiger partial charge on any atom is -0.350 e. The Labute approximate surface area is 175 Å². The molecule has 0 amide bonds. The third-order valence-electron chi connectivity index (χ3n) is 5.05. The Hall–Kier alpha value is -3.73. The Bertz CT molecular complexity index is 1290. The molecule has 1 N–H and O–H groups in total. The Balaban J connectivity index is 2.01. The molecule has 3 aromatic carbocycles. The Kier molecular flexibility index (Phi) is 5.19. The van der Waals surface area contributed by atoms with Crippen molar-refractivity contribution in [2.75, 3.05) is 5.32 Å². The number of hydrogen-bond acceptors (Lipinski definition) is 4. The summed E-state index contributed by atoms with van der Waals surface area (Å²) < 4.78 is 1.43. The summed E-state index contributed by atoms with van der Waals surface area (Å²) in [5.41, 5.74) is 2.30. The molecule has 4 rings (SSSR count). The number of rotatable bonds is 5. The monoisotopic (exact) mass is 397 g/mol. The van der Waals surface area contributed by atoms with Gasteiger partial charge in [0.2, 0.25) is 0 Å². The summed E-state index contributed by atoms with van der Waals surface area (Å²) >= 11 is 0. The highest BCUT2D eigenvalue weighted by Crippen LogP contribution is 2.31. The van der Waals surface area contributed by atoms with E-state index in [1.165, 1.54) is 11.6 Å². The van der Waals surface area contributed by atoms with Crippen molar-refractivity contribution in [3.8, 4) is 11.3 Å². The van der Waals surface area contributed by atoms with Crippen LogP contribution in [0.5, 0.6) is 0 Å². The first kappa shape index (κ1) is 19.6. The lowest BCUT2D eigenvalue weighted by molar-refractivity contribution is 0.101. The summed E-state index contributed by atoms with van der Waals surface area (Å²) in [6, 6.07) is 23.1. The molecule has 0 fully saturated rings. The number of nitrogens with zero attached hydrogens (tertiary/aromatic N) is 2. The van der Waals surface area contributed by atoms with Gasteiger partial charge in [-0.05, 0) is 32.2 Å². The fourth-order valence-corrected chi connectivity index (χ4v) is 3.62. The predicted octanol–water partition coefficient (Wildman–Crippen LogP) is 5.59. The number of benzene rings is 3. The van der Waals surface area contributed by atoms with E-state index in [0.29, 0.717) is 11.3 Å². The van der Waals surface area contributed by atoms with E-state index in [0.717, 1.165) is 22.0 Å². The van der Waals surface area contributed by atoms with Crippen molar-refractivity contribution in [2.45, 2.75) is 26.8 Å². The van der Waals surface area contributed by atoms with Crippen molar-refractivity contribution < 1.29 is 4.79 Å². The predicted molar refractivity (Wildman–Crippen MR) is 122 cm³/mol. The minimum atomic E-state index is -0.317. The van der Waals surface area contributed by atoms with Gasteiger partial charge in [-0.25, -0.2) is 4.68 Å². The van der Waals surface area contributed by atoms with Gasteiger partial charge in [0.05, 0.1) is 11.6 Å². The molecule has 5 nitrogen and oxygen atoms in total. The fraction of sp³-hybridized carbons (Fsp3) is 0.160. The van der Waals surface area contributed by atoms with E-state index >= 15 is 0 Å². The van der Waals surface area contributed by atoms with E-state index in [2.05, 4.69) is 10.4 Å². The normalized spacial score (nSPS) is 11.1. The van der Waals surface area contributed by atoms with Crippen molar-refractivity contribution in [1.82, 2.24) is 9.78 Å². The zero-order chi connectivity index (χ0) is 21.3. The maximum absolute atomic E-state index is 13.3. The van der Waals surface area contributed by atoms with Gasteiger partial charge in [0.1, 0.15) is 11.4 Å². The molecule has 0 spiro atoms. The van der Waals surface area contributed by atoms with Crippen LogP contribution in [0.2, 0.25) is 0 Å². The molecule has 0 radical (unpaired) electrons. The Morgan fingerprint density at radius 1 is 0.933 bits per heavy atom. The smallest absolute Gasteiger partial charge is 0.291 e. The number of aromatic nitrogens is 2. The molecule has 150 valence electrons. The van der Waals surface area contributed by atoms with Crippen molar-refractivity contribution in [3.63, 3.8) is 0 Å². The van der Waals surface area contributed by atoms with Gasteiger partial charge in [-0.2, -0.15) is 5.10 Å². The van der Waals surface area contributed by atoms with E-state index in [4.69, 9.17) is 0 Å². The van der Waals surface area contributed by atoms with Crippen LogP contribution in [0.4, 0.5) is 11.4 Å². The number of nitrogens with one attached hydrogen (secondary N) is 1. The van der Waals surface area contributed by atoms with Crippen LogP contribution < -0.4 is 10.9 Å². The molecule has 30 heavy (non-hydrogen) atoms. The molecular weight excluding hydrogens is 374 g/mol. The van der Waals surface area contributed by atoms with E-state index in [9.17, 15) is 9.59 Å². The number of anilines is 2. The first-order valence-electron chi connectivity index (χ1n) is 9.95. The lowest BCUT2D eigenvalue weighted by Crippen LogP contribution is -2.30. The van der Waals surface area contributed by atoms with E-state index in [1.54, 1.807) is 0 Å². The second kappa shape index (κ2) is 7.95. The number of hydrogen-bond donors (Lipinski definition) is 1. The van der Waals surface area contributed by atoms with Crippen LogP contribution in [-0.2, 0) is 0 Å². The molecule has 0 aliphatic rings. The van der Waals surface area contributed by atoms with Crippen molar-refractivity contribution in [3.05, 3.63) is 88.7 Å². The van der Waals surface area contributed by atoms with E-state index < -0.39 is 0 Å². The summed E-state index contributed by atoms with van der Waals surface area (Å²) in [5, 5.41) is 9.87. The summed E-state index contributed by atoms with van der Waals surface area (Å²) in [4.78, 5) is 26.1. The maximum Gasteiger partial charge on any atom is 0.291 e. The van der Waals surface area contributed by atoms with Gasteiger partial charge in [0.15, 0.2) is 5.78 Å². The molecule has 0 aliphatic heterocycles. The number of Topliss-reactive ketones (excluding diaryl/α,β-unsaturated/α-hetero) is 1. The van der Waals surface area contributed by atoms with Crippen LogP contribution in [0.1, 0.15) is 37.2 Å². The van der Waals surface area contributed by atoms with Crippen LogP contribution in [-0.4, -0.2) is 15.6 Å². The van der Waals surface area contributed by atoms with Crippen molar-refractivity contribution >= 4 is 27.9 Å². The van der Waals surface area contributed by atoms with E-state index in [1.807, 2.05) is 86.6 Å². The molecule has 5 heteroatoms. The molecule has 1 heterocycles. The summed E-state index contributed by atoms with van der Waals surface area (Å²) in [7, 11) is 0. The number of carbonyl (C=O) groups excluding carboxylic acids is 1. The summed E-state index contributed by atoms with van der Waals surface area (Å²) in [6.45, 7) is 5.27. The molecule has 0 saturated carbocycles. The SMILES string of the molecule is CC(=O)c1c(-c2ccccc2)nn(C(C)C)c(=O)c1Nc1cccc2ccccc12. The fourth-order valence-electron chi connectivity index (χ4n) is 3.62. The number of ketones is 1.